The molecular formula is C16H15ClN2O8S. The SMILES string of the molecule is C[C@]1(C=NCC(=O)c2cc(O)c(O)cc2Cl)[C@H](C(=O)O)N2C(=O)C[C@H]2S1(=O)=O. The third-order valence-corrected chi connectivity index (χ3v) is 7.90. The van der Waals surface area contributed by atoms with Crippen molar-refractivity contribution in [2.24, 2.45) is 4.99 Å². The zero-order valence-corrected chi connectivity index (χ0v) is 15.9. The van der Waals surface area contributed by atoms with Gasteiger partial charge in [0.1, 0.15) is 16.7 Å². The molecule has 0 radical (unpaired) electrons. The van der Waals surface area contributed by atoms with Crippen LogP contribution in [0.3, 0.4) is 0 Å². The molecule has 2 heterocycles. The molecule has 2 aliphatic heterocycles. The first-order chi connectivity index (χ1) is 12.9. The van der Waals surface area contributed by atoms with E-state index in [2.05, 4.69) is 4.99 Å². The molecule has 1 aromatic carbocycles. The fourth-order valence-electron chi connectivity index (χ4n) is 3.36. The van der Waals surface area contributed by atoms with Gasteiger partial charge in [0.15, 0.2) is 33.2 Å². The van der Waals surface area contributed by atoms with Crippen molar-refractivity contribution in [2.45, 2.75) is 29.5 Å². The highest BCUT2D eigenvalue weighted by Crippen LogP contribution is 2.45. The molecule has 2 saturated heterocycles. The van der Waals surface area contributed by atoms with E-state index in [4.69, 9.17) is 11.6 Å². The van der Waals surface area contributed by atoms with Crippen LogP contribution < -0.4 is 0 Å². The summed E-state index contributed by atoms with van der Waals surface area (Å²) in [5, 5.41) is 26.9. The summed E-state index contributed by atoms with van der Waals surface area (Å²) < 4.78 is 23.4. The first kappa shape index (κ1) is 20.1. The molecule has 0 spiro atoms. The summed E-state index contributed by atoms with van der Waals surface area (Å²) in [4.78, 5) is 40.2. The molecular weight excluding hydrogens is 416 g/mol. The van der Waals surface area contributed by atoms with Crippen molar-refractivity contribution in [3.8, 4) is 11.5 Å². The van der Waals surface area contributed by atoms with E-state index >= 15 is 0 Å². The molecule has 2 aliphatic rings. The summed E-state index contributed by atoms with van der Waals surface area (Å²) in [5.74, 6) is -3.86. The maximum atomic E-state index is 12.7. The third kappa shape index (κ3) is 2.73. The Kier molecular flexibility index (Phi) is 4.63. The minimum atomic E-state index is -4.07. The van der Waals surface area contributed by atoms with Gasteiger partial charge in [-0.05, 0) is 13.0 Å². The van der Waals surface area contributed by atoms with Crippen LogP contribution in [0.4, 0.5) is 0 Å². The molecule has 1 amide bonds. The van der Waals surface area contributed by atoms with Gasteiger partial charge in [0.2, 0.25) is 5.91 Å². The lowest BCUT2D eigenvalue weighted by atomic mass is 9.97. The van der Waals surface area contributed by atoms with E-state index in [1.54, 1.807) is 0 Å². The number of benzene rings is 1. The van der Waals surface area contributed by atoms with Crippen LogP contribution in [-0.4, -0.2) is 75.2 Å². The quantitative estimate of drug-likeness (QED) is 0.258. The third-order valence-electron chi connectivity index (χ3n) is 4.92. The van der Waals surface area contributed by atoms with Crippen molar-refractivity contribution in [3.63, 3.8) is 0 Å². The Morgan fingerprint density at radius 1 is 1.36 bits per heavy atom. The van der Waals surface area contributed by atoms with Gasteiger partial charge in [-0.25, -0.2) is 13.2 Å². The molecule has 3 atom stereocenters. The van der Waals surface area contributed by atoms with Gasteiger partial charge in [0, 0.05) is 17.8 Å². The number of hydrogen-bond acceptors (Lipinski definition) is 8. The molecule has 0 bridgehead atoms. The van der Waals surface area contributed by atoms with Crippen molar-refractivity contribution < 1.29 is 38.1 Å². The van der Waals surface area contributed by atoms with Gasteiger partial charge in [-0.15, -0.1) is 0 Å². The Labute approximate surface area is 164 Å². The predicted octanol–water partition coefficient (Wildman–Crippen LogP) is 0.203. The zero-order chi connectivity index (χ0) is 21.0. The Bertz CT molecular complexity index is 1040. The number of halogens is 1. The number of Topliss-reactive ketones (excluding diaryl/α,β-unsaturated/α-hetero) is 1. The topological polar surface area (TPSA) is 162 Å². The number of amides is 1. The number of carboxylic acid groups (broad SMARTS) is 1. The Morgan fingerprint density at radius 3 is 2.54 bits per heavy atom. The van der Waals surface area contributed by atoms with Crippen LogP contribution in [0.2, 0.25) is 5.02 Å². The summed E-state index contributed by atoms with van der Waals surface area (Å²) >= 11 is 5.84. The number of phenols is 2. The Hall–Kier alpha value is -2.66. The molecule has 28 heavy (non-hydrogen) atoms. The number of rotatable bonds is 5. The van der Waals surface area contributed by atoms with Crippen molar-refractivity contribution in [1.82, 2.24) is 4.90 Å². The van der Waals surface area contributed by atoms with Crippen LogP contribution >= 0.6 is 11.6 Å². The Morgan fingerprint density at radius 2 is 1.96 bits per heavy atom. The zero-order valence-electron chi connectivity index (χ0n) is 14.4. The molecule has 10 nitrogen and oxygen atoms in total. The van der Waals surface area contributed by atoms with E-state index in [1.807, 2.05) is 0 Å². The van der Waals surface area contributed by atoms with Crippen LogP contribution in [0.15, 0.2) is 17.1 Å². The number of aliphatic carboxylic acids is 1. The number of phenolic OH excluding ortho intramolecular Hbond substituents is 2. The summed E-state index contributed by atoms with van der Waals surface area (Å²) in [5.41, 5.74) is -0.151. The van der Waals surface area contributed by atoms with Gasteiger partial charge >= 0.3 is 5.97 Å². The highest BCUT2D eigenvalue weighted by molar-refractivity contribution is 7.94. The van der Waals surface area contributed by atoms with E-state index in [1.165, 1.54) is 0 Å². The van der Waals surface area contributed by atoms with Gasteiger partial charge in [-0.3, -0.25) is 14.6 Å². The molecule has 0 unspecified atom stereocenters. The molecule has 3 rings (SSSR count). The standard InChI is InChI=1S/C16H15ClN2O8S/c1-16(14(15(24)25)19-12(23)4-13(19)28(16,26)27)6-18-5-11(22)7-2-9(20)10(21)3-8(7)17/h2-3,6,13-14,20-21H,4-5H2,1H3,(H,24,25)/t13-,14+,16+/m1/s1. The van der Waals surface area contributed by atoms with Crippen LogP contribution in [0.25, 0.3) is 0 Å². The number of ketones is 1. The number of β-lactam (4-membered cyclic amide) rings is 1. The van der Waals surface area contributed by atoms with Gasteiger partial charge in [-0.2, -0.15) is 0 Å². The van der Waals surface area contributed by atoms with Crippen LogP contribution in [0, 0.1) is 0 Å². The van der Waals surface area contributed by atoms with E-state index < -0.39 is 61.7 Å². The first-order valence-electron chi connectivity index (χ1n) is 7.95. The van der Waals surface area contributed by atoms with Crippen LogP contribution in [0.5, 0.6) is 11.5 Å². The molecule has 0 saturated carbocycles. The summed E-state index contributed by atoms with van der Waals surface area (Å²) in [7, 11) is -4.07. The van der Waals surface area contributed by atoms with E-state index in [-0.39, 0.29) is 17.0 Å². The molecule has 1 aromatic rings. The molecule has 0 aromatic heterocycles. The molecule has 2 fully saturated rings. The lowest BCUT2D eigenvalue weighted by Crippen LogP contribution is -2.57. The molecule has 3 N–H and O–H groups in total. The minimum Gasteiger partial charge on any atom is -0.504 e. The number of nitrogens with zero attached hydrogens (tertiary/aromatic N) is 2. The summed E-state index contributed by atoms with van der Waals surface area (Å²) in [6.07, 6.45) is 0.565. The number of hydrogen-bond donors (Lipinski definition) is 3. The highest BCUT2D eigenvalue weighted by atomic mass is 35.5. The number of carbonyl (C=O) groups excluding carboxylic acids is 2. The number of carboxylic acids is 1. The van der Waals surface area contributed by atoms with E-state index in [0.29, 0.717) is 0 Å². The Balaban J connectivity index is 1.88. The number of sulfone groups is 1. The van der Waals surface area contributed by atoms with Crippen molar-refractivity contribution in [2.75, 3.05) is 6.54 Å². The van der Waals surface area contributed by atoms with Gasteiger partial charge < -0.3 is 20.2 Å². The van der Waals surface area contributed by atoms with Gasteiger partial charge in [-0.1, -0.05) is 11.6 Å². The average Bonchev–Trinajstić information content (AvgIpc) is 2.72. The highest BCUT2D eigenvalue weighted by Gasteiger charge is 2.69. The second-order valence-corrected chi connectivity index (χ2v) is 9.56. The van der Waals surface area contributed by atoms with Gasteiger partial charge in [0.25, 0.3) is 0 Å². The fourth-order valence-corrected chi connectivity index (χ4v) is 5.86. The van der Waals surface area contributed by atoms with Crippen molar-refractivity contribution in [3.05, 3.63) is 22.7 Å². The largest absolute Gasteiger partial charge is 0.504 e. The normalized spacial score (nSPS) is 28.2. The van der Waals surface area contributed by atoms with Gasteiger partial charge in [0.05, 0.1) is 11.4 Å². The maximum absolute atomic E-state index is 12.7. The smallest absolute Gasteiger partial charge is 0.328 e. The molecule has 12 heteroatoms. The number of aliphatic imine (C=N–C) groups is 1. The first-order valence-corrected chi connectivity index (χ1v) is 9.87. The predicted molar refractivity (Wildman–Crippen MR) is 96.5 cm³/mol. The van der Waals surface area contributed by atoms with E-state index in [9.17, 15) is 38.1 Å². The fraction of sp³-hybridized carbons (Fsp3) is 0.375. The molecule has 0 aliphatic carbocycles. The summed E-state index contributed by atoms with van der Waals surface area (Å²) in [6, 6.07) is 0.255. The van der Waals surface area contributed by atoms with Crippen LogP contribution in [0.1, 0.15) is 23.7 Å². The number of aromatic hydroxyl groups is 2. The second kappa shape index (κ2) is 6.45. The number of carbonyl (C=O) groups is 3. The minimum absolute atomic E-state index is 0.145. The lowest BCUT2D eigenvalue weighted by molar-refractivity contribution is -0.156. The average molecular weight is 431 g/mol. The maximum Gasteiger partial charge on any atom is 0.328 e. The summed E-state index contributed by atoms with van der Waals surface area (Å²) in [6.45, 7) is 0.556. The van der Waals surface area contributed by atoms with E-state index in [0.717, 1.165) is 30.2 Å². The van der Waals surface area contributed by atoms with Crippen molar-refractivity contribution >= 4 is 45.3 Å². The molecule has 150 valence electrons. The second-order valence-electron chi connectivity index (χ2n) is 6.64. The lowest BCUT2D eigenvalue weighted by Gasteiger charge is -2.35. The van der Waals surface area contributed by atoms with Crippen LogP contribution in [-0.2, 0) is 19.4 Å². The van der Waals surface area contributed by atoms with Crippen molar-refractivity contribution in [1.29, 1.82) is 0 Å². The monoisotopic (exact) mass is 430 g/mol. The number of fused-ring (bicyclic) bond motifs is 1.